The number of benzene rings is 1. The third-order valence-electron chi connectivity index (χ3n) is 3.65. The molecule has 5 nitrogen and oxygen atoms in total. The molecule has 1 aliphatic rings. The van der Waals surface area contributed by atoms with E-state index >= 15 is 0 Å². The van der Waals surface area contributed by atoms with Crippen molar-refractivity contribution in [1.82, 2.24) is 10.2 Å². The summed E-state index contributed by atoms with van der Waals surface area (Å²) in [6, 6.07) is 2.94. The van der Waals surface area contributed by atoms with E-state index in [-0.39, 0.29) is 29.5 Å². The topological polar surface area (TPSA) is 65.0 Å². The van der Waals surface area contributed by atoms with Crippen LogP contribution < -0.4 is 10.1 Å². The van der Waals surface area contributed by atoms with E-state index in [4.69, 9.17) is 9.84 Å². The number of ether oxygens (including phenoxy) is 1. The number of aromatic hydroxyl groups is 1. The first-order chi connectivity index (χ1) is 9.99. The standard InChI is InChI=1S/C14H20F2N2O3.ClH/c1-21-12-3-2-10(8-11(12)20)13(14(15,16)9-19)18-6-4-17-5-7-18;/h2-3,8,13,17,19-20H,4-7,9H2,1H3;1H/t13-;/m1./s1. The molecule has 2 rings (SSSR count). The lowest BCUT2D eigenvalue weighted by Gasteiger charge is -2.38. The molecule has 1 saturated heterocycles. The van der Waals surface area contributed by atoms with Crippen LogP contribution in [-0.2, 0) is 0 Å². The molecule has 1 heterocycles. The Bertz CT molecular complexity index is 485. The summed E-state index contributed by atoms with van der Waals surface area (Å²) < 4.78 is 33.3. The van der Waals surface area contributed by atoms with Crippen molar-refractivity contribution in [1.29, 1.82) is 0 Å². The van der Waals surface area contributed by atoms with Gasteiger partial charge in [-0.15, -0.1) is 12.4 Å². The van der Waals surface area contributed by atoms with Crippen molar-refractivity contribution in [3.8, 4) is 11.5 Å². The Kier molecular flexibility index (Phi) is 6.80. The Morgan fingerprint density at radius 1 is 1.36 bits per heavy atom. The average Bonchev–Trinajstić information content (AvgIpc) is 2.48. The van der Waals surface area contributed by atoms with Crippen molar-refractivity contribution in [3.05, 3.63) is 23.8 Å². The summed E-state index contributed by atoms with van der Waals surface area (Å²) in [5.41, 5.74) is 0.259. The van der Waals surface area contributed by atoms with Gasteiger partial charge < -0.3 is 20.3 Å². The summed E-state index contributed by atoms with van der Waals surface area (Å²) >= 11 is 0. The molecular weight excluding hydrogens is 318 g/mol. The first-order valence-electron chi connectivity index (χ1n) is 6.80. The van der Waals surface area contributed by atoms with E-state index < -0.39 is 18.6 Å². The maximum atomic E-state index is 14.2. The number of halogens is 3. The third-order valence-corrected chi connectivity index (χ3v) is 3.65. The second-order valence-corrected chi connectivity index (χ2v) is 5.04. The van der Waals surface area contributed by atoms with Crippen LogP contribution in [0, 0.1) is 0 Å². The predicted octanol–water partition coefficient (Wildman–Crippen LogP) is 1.40. The van der Waals surface area contributed by atoms with Crippen LogP contribution >= 0.6 is 12.4 Å². The first kappa shape index (κ1) is 18.9. The van der Waals surface area contributed by atoms with Crippen LogP contribution in [0.25, 0.3) is 0 Å². The molecule has 1 fully saturated rings. The SMILES string of the molecule is COc1ccc([C@@H](N2CCNCC2)C(F)(F)CO)cc1O.Cl. The Morgan fingerprint density at radius 2 is 2.00 bits per heavy atom. The number of aliphatic hydroxyl groups excluding tert-OH is 1. The van der Waals surface area contributed by atoms with Gasteiger partial charge in [-0.2, -0.15) is 0 Å². The van der Waals surface area contributed by atoms with Crippen molar-refractivity contribution >= 4 is 12.4 Å². The van der Waals surface area contributed by atoms with Crippen LogP contribution in [0.1, 0.15) is 11.6 Å². The zero-order valence-electron chi connectivity index (χ0n) is 12.3. The summed E-state index contributed by atoms with van der Waals surface area (Å²) in [6.45, 7) is 0.884. The van der Waals surface area contributed by atoms with E-state index in [1.807, 2.05) is 0 Å². The number of alkyl halides is 2. The lowest BCUT2D eigenvalue weighted by Crippen LogP contribution is -2.51. The highest BCUT2D eigenvalue weighted by Gasteiger charge is 2.44. The molecule has 0 radical (unpaired) electrons. The lowest BCUT2D eigenvalue weighted by molar-refractivity contribution is -0.118. The predicted molar refractivity (Wildman–Crippen MR) is 81.1 cm³/mol. The van der Waals surface area contributed by atoms with Crippen molar-refractivity contribution in [2.24, 2.45) is 0 Å². The summed E-state index contributed by atoms with van der Waals surface area (Å²) in [5, 5.41) is 22.0. The maximum Gasteiger partial charge on any atom is 0.289 e. The van der Waals surface area contributed by atoms with Gasteiger partial charge in [-0.05, 0) is 17.7 Å². The summed E-state index contributed by atoms with van der Waals surface area (Å²) in [6.07, 6.45) is 0. The fourth-order valence-corrected chi connectivity index (χ4v) is 2.63. The number of aliphatic hydroxyl groups is 1. The number of nitrogens with zero attached hydrogens (tertiary/aromatic N) is 1. The van der Waals surface area contributed by atoms with Crippen LogP contribution in [0.2, 0.25) is 0 Å². The van der Waals surface area contributed by atoms with Crippen molar-refractivity contribution < 1.29 is 23.7 Å². The number of phenols is 1. The monoisotopic (exact) mass is 338 g/mol. The Morgan fingerprint density at radius 3 is 2.50 bits per heavy atom. The van der Waals surface area contributed by atoms with Gasteiger partial charge in [-0.3, -0.25) is 4.90 Å². The fourth-order valence-electron chi connectivity index (χ4n) is 2.63. The number of piperazine rings is 1. The molecule has 0 amide bonds. The molecule has 1 aliphatic heterocycles. The van der Waals surface area contributed by atoms with Gasteiger partial charge in [0.2, 0.25) is 0 Å². The van der Waals surface area contributed by atoms with Crippen LogP contribution in [-0.4, -0.2) is 60.9 Å². The lowest BCUT2D eigenvalue weighted by atomic mass is 9.97. The number of methoxy groups -OCH3 is 1. The van der Waals surface area contributed by atoms with Gasteiger partial charge in [-0.25, -0.2) is 8.78 Å². The molecule has 1 aromatic carbocycles. The molecule has 22 heavy (non-hydrogen) atoms. The number of hydrogen-bond acceptors (Lipinski definition) is 5. The molecule has 0 aliphatic carbocycles. The van der Waals surface area contributed by atoms with Gasteiger partial charge in [0.15, 0.2) is 11.5 Å². The van der Waals surface area contributed by atoms with Crippen LogP contribution in [0.15, 0.2) is 18.2 Å². The Labute approximate surface area is 134 Å². The van der Waals surface area contributed by atoms with Gasteiger partial charge in [0.05, 0.1) is 7.11 Å². The molecule has 1 aromatic rings. The molecule has 0 bridgehead atoms. The molecule has 0 saturated carbocycles. The molecule has 0 aromatic heterocycles. The van der Waals surface area contributed by atoms with E-state index in [9.17, 15) is 13.9 Å². The minimum absolute atomic E-state index is 0. The number of nitrogens with one attached hydrogen (secondary N) is 1. The summed E-state index contributed by atoms with van der Waals surface area (Å²) in [4.78, 5) is 1.62. The minimum atomic E-state index is -3.29. The van der Waals surface area contributed by atoms with Gasteiger partial charge in [0, 0.05) is 26.2 Å². The van der Waals surface area contributed by atoms with E-state index in [0.29, 0.717) is 26.2 Å². The summed E-state index contributed by atoms with van der Waals surface area (Å²) in [7, 11) is 1.39. The van der Waals surface area contributed by atoms with E-state index in [2.05, 4.69) is 5.32 Å². The van der Waals surface area contributed by atoms with Crippen molar-refractivity contribution in [2.75, 3.05) is 39.9 Å². The molecule has 8 heteroatoms. The smallest absolute Gasteiger partial charge is 0.289 e. The van der Waals surface area contributed by atoms with Gasteiger partial charge in [0.25, 0.3) is 5.92 Å². The molecule has 1 atom stereocenters. The number of phenolic OH excluding ortho intramolecular Hbond substituents is 1. The largest absolute Gasteiger partial charge is 0.504 e. The number of hydrogen-bond donors (Lipinski definition) is 3. The maximum absolute atomic E-state index is 14.2. The van der Waals surface area contributed by atoms with Crippen LogP contribution in [0.3, 0.4) is 0 Å². The molecule has 126 valence electrons. The average molecular weight is 339 g/mol. The second-order valence-electron chi connectivity index (χ2n) is 5.04. The Hall–Kier alpha value is -1.15. The zero-order chi connectivity index (χ0) is 15.5. The summed E-state index contributed by atoms with van der Waals surface area (Å²) in [5.74, 6) is -3.26. The highest BCUT2D eigenvalue weighted by molar-refractivity contribution is 5.85. The van der Waals surface area contributed by atoms with Gasteiger partial charge in [-0.1, -0.05) is 6.07 Å². The molecule has 0 spiro atoms. The highest BCUT2D eigenvalue weighted by Crippen LogP contribution is 2.39. The highest BCUT2D eigenvalue weighted by atomic mass is 35.5. The molecular formula is C14H21ClF2N2O3. The zero-order valence-corrected chi connectivity index (χ0v) is 13.1. The minimum Gasteiger partial charge on any atom is -0.504 e. The number of rotatable bonds is 5. The van der Waals surface area contributed by atoms with Crippen molar-refractivity contribution in [2.45, 2.75) is 12.0 Å². The van der Waals surface area contributed by atoms with E-state index in [1.165, 1.54) is 25.3 Å². The van der Waals surface area contributed by atoms with E-state index in [1.54, 1.807) is 4.90 Å². The second kappa shape index (κ2) is 7.92. The van der Waals surface area contributed by atoms with Gasteiger partial charge in [0.1, 0.15) is 12.6 Å². The molecule has 3 N–H and O–H groups in total. The third kappa shape index (κ3) is 3.98. The van der Waals surface area contributed by atoms with Gasteiger partial charge >= 0.3 is 0 Å². The normalized spacial score (nSPS) is 17.6. The molecule has 0 unspecified atom stereocenters. The Balaban J connectivity index is 0.00000242. The van der Waals surface area contributed by atoms with Crippen molar-refractivity contribution in [3.63, 3.8) is 0 Å². The quantitative estimate of drug-likeness (QED) is 0.757. The van der Waals surface area contributed by atoms with Crippen LogP contribution in [0.4, 0.5) is 8.78 Å². The fraction of sp³-hybridized carbons (Fsp3) is 0.571. The first-order valence-corrected chi connectivity index (χ1v) is 6.80. The van der Waals surface area contributed by atoms with Crippen LogP contribution in [0.5, 0.6) is 11.5 Å². The van der Waals surface area contributed by atoms with E-state index in [0.717, 1.165) is 0 Å².